The molecule has 0 radical (unpaired) electrons. The van der Waals surface area contributed by atoms with Crippen LogP contribution in [0.2, 0.25) is 0 Å². The number of carbonyl (C=O) groups is 2. The molecule has 7 heteroatoms. The van der Waals surface area contributed by atoms with Crippen molar-refractivity contribution >= 4 is 24.3 Å². The SMILES string of the molecule is O=C1OSOC(=O)C(O)C1O. The van der Waals surface area contributed by atoms with Gasteiger partial charge in [-0.2, -0.15) is 0 Å². The Bertz CT molecular complexity index is 171. The van der Waals surface area contributed by atoms with Gasteiger partial charge in [-0.3, -0.25) is 0 Å². The van der Waals surface area contributed by atoms with Gasteiger partial charge in [0.15, 0.2) is 12.2 Å². The van der Waals surface area contributed by atoms with Crippen molar-refractivity contribution < 1.29 is 28.2 Å². The minimum Gasteiger partial charge on any atom is -0.379 e. The molecule has 6 nitrogen and oxygen atoms in total. The molecule has 2 N–H and O–H groups in total. The molecule has 0 amide bonds. The Kier molecular flexibility index (Phi) is 2.32. The first kappa shape index (κ1) is 8.31. The number of aliphatic hydroxyl groups is 2. The monoisotopic (exact) mass is 180 g/mol. The van der Waals surface area contributed by atoms with Gasteiger partial charge >= 0.3 is 11.9 Å². The Hall–Kier alpha value is -0.790. The van der Waals surface area contributed by atoms with Crippen molar-refractivity contribution in [1.82, 2.24) is 0 Å². The molecular formula is C4H4O6S. The Balaban J connectivity index is 2.73. The zero-order valence-corrected chi connectivity index (χ0v) is 5.91. The highest BCUT2D eigenvalue weighted by atomic mass is 32.2. The number of aliphatic hydroxyl groups excluding tert-OH is 2. The number of hydrogen-bond acceptors (Lipinski definition) is 7. The van der Waals surface area contributed by atoms with E-state index >= 15 is 0 Å². The van der Waals surface area contributed by atoms with Crippen molar-refractivity contribution in [2.24, 2.45) is 0 Å². The second-order valence-electron chi connectivity index (χ2n) is 1.76. The standard InChI is InChI=1S/C4H4O6S/c5-1-2(6)4(8)10-11-9-3(1)7/h1-2,5-6H. The second-order valence-corrected chi connectivity index (χ2v) is 2.23. The lowest BCUT2D eigenvalue weighted by atomic mass is 10.2. The molecule has 2 unspecified atom stereocenters. The van der Waals surface area contributed by atoms with Crippen LogP contribution in [-0.2, 0) is 18.0 Å². The molecule has 2 atom stereocenters. The van der Waals surface area contributed by atoms with Crippen LogP contribution in [0.5, 0.6) is 0 Å². The maximum atomic E-state index is 10.5. The number of hydrogen-bond donors (Lipinski definition) is 2. The first-order chi connectivity index (χ1) is 5.13. The van der Waals surface area contributed by atoms with Crippen molar-refractivity contribution in [3.63, 3.8) is 0 Å². The molecule has 1 heterocycles. The van der Waals surface area contributed by atoms with E-state index in [0.29, 0.717) is 0 Å². The molecule has 0 aromatic heterocycles. The van der Waals surface area contributed by atoms with Gasteiger partial charge in [-0.05, 0) is 0 Å². The van der Waals surface area contributed by atoms with E-state index in [9.17, 15) is 9.59 Å². The summed E-state index contributed by atoms with van der Waals surface area (Å²) in [5.41, 5.74) is 0. The highest BCUT2D eigenvalue weighted by Gasteiger charge is 2.37. The van der Waals surface area contributed by atoms with Crippen LogP contribution in [0.1, 0.15) is 0 Å². The molecule has 11 heavy (non-hydrogen) atoms. The van der Waals surface area contributed by atoms with Crippen LogP contribution in [-0.4, -0.2) is 34.4 Å². The largest absolute Gasteiger partial charge is 0.379 e. The van der Waals surface area contributed by atoms with Gasteiger partial charge in [-0.15, -0.1) is 0 Å². The topological polar surface area (TPSA) is 93.1 Å². The van der Waals surface area contributed by atoms with Crippen LogP contribution in [0.25, 0.3) is 0 Å². The van der Waals surface area contributed by atoms with E-state index in [2.05, 4.69) is 8.37 Å². The van der Waals surface area contributed by atoms with Crippen molar-refractivity contribution in [3.05, 3.63) is 0 Å². The lowest BCUT2D eigenvalue weighted by Gasteiger charge is -2.05. The van der Waals surface area contributed by atoms with E-state index in [-0.39, 0.29) is 12.3 Å². The van der Waals surface area contributed by atoms with E-state index < -0.39 is 24.1 Å². The quantitative estimate of drug-likeness (QED) is 0.432. The fourth-order valence-corrected chi connectivity index (χ4v) is 0.806. The van der Waals surface area contributed by atoms with Crippen molar-refractivity contribution in [2.45, 2.75) is 12.2 Å². The molecule has 1 aliphatic rings. The zero-order chi connectivity index (χ0) is 8.43. The molecule has 0 saturated carbocycles. The molecule has 1 saturated heterocycles. The summed E-state index contributed by atoms with van der Waals surface area (Å²) in [4.78, 5) is 21.0. The van der Waals surface area contributed by atoms with E-state index in [0.717, 1.165) is 0 Å². The van der Waals surface area contributed by atoms with E-state index in [1.807, 2.05) is 0 Å². The summed E-state index contributed by atoms with van der Waals surface area (Å²) >= 11 is 0.120. The summed E-state index contributed by atoms with van der Waals surface area (Å²) in [6.07, 6.45) is -3.73. The molecular weight excluding hydrogens is 176 g/mol. The third-order valence-electron chi connectivity index (χ3n) is 1.01. The molecule has 0 aliphatic carbocycles. The van der Waals surface area contributed by atoms with E-state index in [1.165, 1.54) is 0 Å². The third-order valence-corrected chi connectivity index (χ3v) is 1.48. The van der Waals surface area contributed by atoms with Gasteiger partial charge < -0.3 is 18.6 Å². The predicted molar refractivity (Wildman–Crippen MR) is 31.8 cm³/mol. The zero-order valence-electron chi connectivity index (χ0n) is 5.09. The van der Waals surface area contributed by atoms with E-state index in [4.69, 9.17) is 10.2 Å². The summed E-state index contributed by atoms with van der Waals surface area (Å²) in [6, 6.07) is 0. The van der Waals surface area contributed by atoms with Crippen LogP contribution >= 0.6 is 12.3 Å². The average molecular weight is 180 g/mol. The maximum absolute atomic E-state index is 10.5. The summed E-state index contributed by atoms with van der Waals surface area (Å²) in [7, 11) is 0. The predicted octanol–water partition coefficient (Wildman–Crippen LogP) is -1.63. The Morgan fingerprint density at radius 3 is 1.82 bits per heavy atom. The van der Waals surface area contributed by atoms with Crippen molar-refractivity contribution in [2.75, 3.05) is 0 Å². The molecule has 0 aromatic rings. The second kappa shape index (κ2) is 3.07. The number of carbonyl (C=O) groups excluding carboxylic acids is 2. The number of rotatable bonds is 0. The fraction of sp³-hybridized carbons (Fsp3) is 0.500. The van der Waals surface area contributed by atoms with Gasteiger partial charge in [0.05, 0.1) is 0 Å². The van der Waals surface area contributed by atoms with Gasteiger partial charge in [0.1, 0.15) is 0 Å². The van der Waals surface area contributed by atoms with Crippen LogP contribution < -0.4 is 0 Å². The summed E-state index contributed by atoms with van der Waals surface area (Å²) < 4.78 is 8.16. The van der Waals surface area contributed by atoms with Crippen LogP contribution in [0.4, 0.5) is 0 Å². The summed E-state index contributed by atoms with van der Waals surface area (Å²) in [5.74, 6) is -2.21. The van der Waals surface area contributed by atoms with Crippen molar-refractivity contribution in [3.8, 4) is 0 Å². The van der Waals surface area contributed by atoms with Gasteiger partial charge in [-0.25, -0.2) is 9.59 Å². The van der Waals surface area contributed by atoms with Crippen LogP contribution in [0.3, 0.4) is 0 Å². The molecule has 0 bridgehead atoms. The van der Waals surface area contributed by atoms with Crippen LogP contribution in [0, 0.1) is 0 Å². The van der Waals surface area contributed by atoms with Gasteiger partial charge in [-0.1, -0.05) is 0 Å². The highest BCUT2D eigenvalue weighted by Crippen LogP contribution is 2.15. The lowest BCUT2D eigenvalue weighted by Crippen LogP contribution is -2.38. The first-order valence-corrected chi connectivity index (χ1v) is 3.24. The summed E-state index contributed by atoms with van der Waals surface area (Å²) in [6.45, 7) is 0. The lowest BCUT2D eigenvalue weighted by molar-refractivity contribution is -0.156. The van der Waals surface area contributed by atoms with E-state index in [1.54, 1.807) is 0 Å². The average Bonchev–Trinajstić information content (AvgIpc) is 2.07. The minimum atomic E-state index is -1.86. The summed E-state index contributed by atoms with van der Waals surface area (Å²) in [5, 5.41) is 17.5. The third kappa shape index (κ3) is 1.62. The molecule has 0 aromatic carbocycles. The van der Waals surface area contributed by atoms with Gasteiger partial charge in [0.2, 0.25) is 0 Å². The molecule has 62 valence electrons. The van der Waals surface area contributed by atoms with Crippen LogP contribution in [0.15, 0.2) is 0 Å². The van der Waals surface area contributed by atoms with Crippen molar-refractivity contribution in [1.29, 1.82) is 0 Å². The molecule has 1 aliphatic heterocycles. The molecule has 0 spiro atoms. The Labute approximate surface area is 65.5 Å². The Morgan fingerprint density at radius 2 is 1.45 bits per heavy atom. The molecule has 1 rings (SSSR count). The normalized spacial score (nSPS) is 32.2. The van der Waals surface area contributed by atoms with Gasteiger partial charge in [0, 0.05) is 0 Å². The minimum absolute atomic E-state index is 0.120. The molecule has 1 fully saturated rings. The van der Waals surface area contributed by atoms with Gasteiger partial charge in [0.25, 0.3) is 12.3 Å². The maximum Gasteiger partial charge on any atom is 0.352 e. The first-order valence-electron chi connectivity index (χ1n) is 2.58. The Morgan fingerprint density at radius 1 is 1.09 bits per heavy atom. The highest BCUT2D eigenvalue weighted by molar-refractivity contribution is 7.90. The fourth-order valence-electron chi connectivity index (χ4n) is 0.440. The smallest absolute Gasteiger partial charge is 0.352 e.